The average molecular weight is 767 g/mol. The molecular weight excluding hydrogens is 720 g/mol. The molecule has 0 saturated carbocycles. The molecule has 4 aromatic carbocycles. The average Bonchev–Trinajstić information content (AvgIpc) is 3.20. The largest absolute Gasteiger partial charge is 0.481 e. The lowest BCUT2D eigenvalue weighted by molar-refractivity contribution is -0.206. The smallest absolute Gasteiger partial charge is 0.343 e. The molecule has 0 unspecified atom stereocenters. The fourth-order valence-electron chi connectivity index (χ4n) is 6.50. The molecule has 12 heteroatoms. The van der Waals surface area contributed by atoms with Crippen molar-refractivity contribution in [1.29, 1.82) is 0 Å². The first-order chi connectivity index (χ1) is 26.6. The van der Waals surface area contributed by atoms with Gasteiger partial charge in [-0.2, -0.15) is 0 Å². The maximum absolute atomic E-state index is 12.5. The van der Waals surface area contributed by atoms with Crippen LogP contribution in [0.3, 0.4) is 0 Å². The number of ether oxygens (including phenoxy) is 5. The second-order valence-corrected chi connectivity index (χ2v) is 13.8. The van der Waals surface area contributed by atoms with Gasteiger partial charge in [0.25, 0.3) is 0 Å². The van der Waals surface area contributed by atoms with Gasteiger partial charge >= 0.3 is 17.9 Å². The summed E-state index contributed by atoms with van der Waals surface area (Å²) < 4.78 is 25.8. The Morgan fingerprint density at radius 2 is 0.964 bits per heavy atom. The molecule has 0 amide bonds. The highest BCUT2D eigenvalue weighted by Crippen LogP contribution is 2.44. The second-order valence-electron chi connectivity index (χ2n) is 13.8. The number of rotatable bonds is 18. The Labute approximate surface area is 326 Å². The van der Waals surface area contributed by atoms with Crippen LogP contribution in [0.15, 0.2) is 73.2 Å². The lowest BCUT2D eigenvalue weighted by Crippen LogP contribution is -2.27. The van der Waals surface area contributed by atoms with Gasteiger partial charge in [0.2, 0.25) is 0 Å². The highest BCUT2D eigenvalue weighted by Gasteiger charge is 2.35. The van der Waals surface area contributed by atoms with Crippen molar-refractivity contribution in [2.75, 3.05) is 34.5 Å². The van der Waals surface area contributed by atoms with E-state index in [1.807, 2.05) is 63.2 Å². The van der Waals surface area contributed by atoms with Gasteiger partial charge in [-0.05, 0) is 97.0 Å². The van der Waals surface area contributed by atoms with Crippen molar-refractivity contribution >= 4 is 30.8 Å². The van der Waals surface area contributed by atoms with E-state index in [4.69, 9.17) is 33.5 Å². The Kier molecular flexibility index (Phi) is 13.5. The van der Waals surface area contributed by atoms with E-state index in [-0.39, 0.29) is 53.1 Å². The van der Waals surface area contributed by atoms with E-state index in [9.17, 15) is 24.0 Å². The summed E-state index contributed by atoms with van der Waals surface area (Å²) in [6.07, 6.45) is 2.01. The van der Waals surface area contributed by atoms with Gasteiger partial charge in [-0.15, -0.1) is 0 Å². The highest BCUT2D eigenvalue weighted by atomic mass is 17.2. The number of aryl methyl sites for hydroxylation is 3. The Morgan fingerprint density at radius 3 is 1.39 bits per heavy atom. The number of carbonyl (C=O) groups is 5. The van der Waals surface area contributed by atoms with Crippen LogP contribution >= 0.6 is 0 Å². The van der Waals surface area contributed by atoms with Gasteiger partial charge in [-0.1, -0.05) is 56.3 Å². The van der Waals surface area contributed by atoms with E-state index in [2.05, 4.69) is 6.58 Å². The topological polar surface area (TPSA) is 150 Å². The van der Waals surface area contributed by atoms with Crippen molar-refractivity contribution < 1.29 is 57.4 Å². The third kappa shape index (κ3) is 8.75. The van der Waals surface area contributed by atoms with Crippen molar-refractivity contribution in [3.8, 4) is 17.2 Å². The number of carbonyl (C=O) groups excluding carboxylic acids is 5. The molecule has 4 rings (SSSR count). The van der Waals surface area contributed by atoms with Gasteiger partial charge in [-0.3, -0.25) is 24.2 Å². The van der Waals surface area contributed by atoms with Crippen LogP contribution in [0.1, 0.15) is 96.4 Å². The highest BCUT2D eigenvalue weighted by molar-refractivity contribution is 5.84. The molecule has 294 valence electrons. The lowest BCUT2D eigenvalue weighted by Gasteiger charge is -2.34. The first kappa shape index (κ1) is 42.3. The molecule has 0 bridgehead atoms. The standard InChI is InChI=1S/C44H46O12/c1-26-16-36(19-30(21-45)40(26)53-24-38(48)51-9)44(7,37-17-27(2)41(31(20-37)22-46)54-25-39(49)52-10)34-13-11-33(12-14-34)43(5,6)35-15-28(3)42(32(18-35)23-47)56-55-29(4)50-8/h11-23H,4,24-25H2,1-3,5-10H3. The third-order valence-electron chi connectivity index (χ3n) is 9.92. The summed E-state index contributed by atoms with van der Waals surface area (Å²) in [5.41, 5.74) is 4.89. The summed E-state index contributed by atoms with van der Waals surface area (Å²) in [5.74, 6) is -0.564. The summed E-state index contributed by atoms with van der Waals surface area (Å²) in [6, 6.07) is 18.7. The molecule has 0 heterocycles. The van der Waals surface area contributed by atoms with Crippen LogP contribution in [0.4, 0.5) is 0 Å². The predicted octanol–water partition coefficient (Wildman–Crippen LogP) is 7.26. The van der Waals surface area contributed by atoms with Gasteiger partial charge in [0.05, 0.1) is 38.0 Å². The van der Waals surface area contributed by atoms with Crippen LogP contribution in [-0.4, -0.2) is 65.3 Å². The van der Waals surface area contributed by atoms with Gasteiger partial charge in [0.1, 0.15) is 11.5 Å². The van der Waals surface area contributed by atoms with Crippen molar-refractivity contribution in [3.63, 3.8) is 0 Å². The number of benzene rings is 4. The molecule has 4 aromatic rings. The van der Waals surface area contributed by atoms with Crippen LogP contribution in [-0.2, 0) is 39.5 Å². The molecule has 0 fully saturated rings. The monoisotopic (exact) mass is 766 g/mol. The maximum Gasteiger partial charge on any atom is 0.343 e. The fourth-order valence-corrected chi connectivity index (χ4v) is 6.50. The summed E-state index contributed by atoms with van der Waals surface area (Å²) in [4.78, 5) is 71.5. The van der Waals surface area contributed by atoms with E-state index in [1.165, 1.54) is 21.3 Å². The quantitative estimate of drug-likeness (QED) is 0.0250. The number of hydrogen-bond donors (Lipinski definition) is 0. The first-order valence-electron chi connectivity index (χ1n) is 17.5. The van der Waals surface area contributed by atoms with Crippen molar-refractivity contribution in [1.82, 2.24) is 0 Å². The molecule has 0 aromatic heterocycles. The summed E-state index contributed by atoms with van der Waals surface area (Å²) >= 11 is 0. The zero-order valence-corrected chi connectivity index (χ0v) is 33.0. The zero-order valence-electron chi connectivity index (χ0n) is 33.0. The summed E-state index contributed by atoms with van der Waals surface area (Å²) in [7, 11) is 3.87. The van der Waals surface area contributed by atoms with Crippen LogP contribution < -0.4 is 14.4 Å². The Hall–Kier alpha value is -6.43. The normalized spacial score (nSPS) is 11.2. The molecule has 0 N–H and O–H groups in total. The lowest BCUT2D eigenvalue weighted by atomic mass is 9.68. The molecule has 0 saturated heterocycles. The van der Waals surface area contributed by atoms with Gasteiger partial charge in [0, 0.05) is 10.8 Å². The first-order valence-corrected chi connectivity index (χ1v) is 17.5. The van der Waals surface area contributed by atoms with Gasteiger partial charge in [-0.25, -0.2) is 9.59 Å². The van der Waals surface area contributed by atoms with E-state index >= 15 is 0 Å². The summed E-state index contributed by atoms with van der Waals surface area (Å²) in [6.45, 7) is 14.2. The molecule has 0 radical (unpaired) electrons. The van der Waals surface area contributed by atoms with Crippen LogP contribution in [0, 0.1) is 20.8 Å². The van der Waals surface area contributed by atoms with Gasteiger partial charge < -0.3 is 23.7 Å². The zero-order chi connectivity index (χ0) is 41.4. The molecular formula is C44H46O12. The van der Waals surface area contributed by atoms with E-state index in [0.717, 1.165) is 16.7 Å². The van der Waals surface area contributed by atoms with Crippen LogP contribution in [0.2, 0.25) is 0 Å². The molecule has 0 atom stereocenters. The van der Waals surface area contributed by atoms with Crippen molar-refractivity contribution in [2.24, 2.45) is 0 Å². The molecule has 12 nitrogen and oxygen atoms in total. The van der Waals surface area contributed by atoms with Crippen molar-refractivity contribution in [2.45, 2.75) is 52.4 Å². The van der Waals surface area contributed by atoms with E-state index in [1.54, 1.807) is 39.0 Å². The molecule has 0 aliphatic carbocycles. The predicted molar refractivity (Wildman–Crippen MR) is 207 cm³/mol. The van der Waals surface area contributed by atoms with E-state index in [0.29, 0.717) is 46.7 Å². The van der Waals surface area contributed by atoms with Crippen LogP contribution in [0.25, 0.3) is 0 Å². The molecule has 0 spiro atoms. The minimum Gasteiger partial charge on any atom is -0.481 e. The second kappa shape index (κ2) is 17.8. The number of esters is 2. The Bertz CT molecular complexity index is 2060. The Balaban J connectivity index is 1.89. The minimum absolute atomic E-state index is 0.0708. The molecule has 56 heavy (non-hydrogen) atoms. The SMILES string of the molecule is C=C(OC)OOc1c(C)cc(C(C)(C)c2ccc(C(C)(c3cc(C)c(OCC(=O)OC)c(C=O)c3)c3cc(C)c(OCC(=O)OC)c(C=O)c3)cc2)cc1C=O. The molecule has 0 aliphatic rings. The Morgan fingerprint density at radius 1 is 0.571 bits per heavy atom. The third-order valence-corrected chi connectivity index (χ3v) is 9.92. The fraction of sp³-hybridized carbons (Fsp3) is 0.295. The van der Waals surface area contributed by atoms with Gasteiger partial charge in [0.15, 0.2) is 37.8 Å². The number of methoxy groups -OCH3 is 3. The maximum atomic E-state index is 12.5. The summed E-state index contributed by atoms with van der Waals surface area (Å²) in [5, 5.41) is 0. The minimum atomic E-state index is -0.998. The number of aldehydes is 3. The van der Waals surface area contributed by atoms with Crippen molar-refractivity contribution in [3.05, 3.63) is 134 Å². The number of hydrogen-bond acceptors (Lipinski definition) is 12. The van der Waals surface area contributed by atoms with Crippen LogP contribution in [0.5, 0.6) is 17.2 Å². The van der Waals surface area contributed by atoms with E-state index < -0.39 is 22.8 Å². The molecule has 0 aliphatic heterocycles.